The number of ether oxygens (including phenoxy) is 1. The van der Waals surface area contributed by atoms with Gasteiger partial charge in [-0.1, -0.05) is 35.9 Å². The van der Waals surface area contributed by atoms with E-state index in [1.54, 1.807) is 24.3 Å². The standard InChI is InChI=1S/C20H22ClN3O4/c1-12-7-13(2)9-14(8-12)23-18(25)11-28-19(26)10-17(24-20(22)27)15-5-3-4-6-16(15)21/h3-9,17H,10-11H2,1-2H3,(H,23,25)(H3,22,24,27). The summed E-state index contributed by atoms with van der Waals surface area (Å²) in [5, 5.41) is 5.52. The number of esters is 1. The molecule has 0 heterocycles. The van der Waals surface area contributed by atoms with Crippen LogP contribution in [0.1, 0.15) is 29.2 Å². The van der Waals surface area contributed by atoms with Crippen molar-refractivity contribution in [2.24, 2.45) is 5.73 Å². The molecule has 8 heteroatoms. The summed E-state index contributed by atoms with van der Waals surface area (Å²) in [4.78, 5) is 35.4. The Morgan fingerprint density at radius 3 is 2.36 bits per heavy atom. The Hall–Kier alpha value is -3.06. The van der Waals surface area contributed by atoms with Gasteiger partial charge in [-0.2, -0.15) is 0 Å². The zero-order chi connectivity index (χ0) is 20.7. The third kappa shape index (κ3) is 6.59. The van der Waals surface area contributed by atoms with Crippen LogP contribution in [0.3, 0.4) is 0 Å². The second-order valence-corrected chi connectivity index (χ2v) is 6.78. The van der Waals surface area contributed by atoms with E-state index in [0.29, 0.717) is 16.3 Å². The van der Waals surface area contributed by atoms with Gasteiger partial charge in [-0.3, -0.25) is 9.59 Å². The van der Waals surface area contributed by atoms with Crippen molar-refractivity contribution in [1.82, 2.24) is 5.32 Å². The molecular formula is C20H22ClN3O4. The van der Waals surface area contributed by atoms with Crippen molar-refractivity contribution in [1.29, 1.82) is 0 Å². The average Bonchev–Trinajstić information content (AvgIpc) is 2.58. The van der Waals surface area contributed by atoms with Gasteiger partial charge in [0.2, 0.25) is 0 Å². The summed E-state index contributed by atoms with van der Waals surface area (Å²) in [5.41, 5.74) is 8.35. The van der Waals surface area contributed by atoms with Gasteiger partial charge in [-0.05, 0) is 48.7 Å². The summed E-state index contributed by atoms with van der Waals surface area (Å²) in [6.45, 7) is 3.39. The van der Waals surface area contributed by atoms with E-state index in [-0.39, 0.29) is 6.42 Å². The summed E-state index contributed by atoms with van der Waals surface area (Å²) >= 11 is 6.12. The first kappa shape index (κ1) is 21.2. The quantitative estimate of drug-likeness (QED) is 0.616. The third-order valence-corrected chi connectivity index (χ3v) is 4.18. The highest BCUT2D eigenvalue weighted by molar-refractivity contribution is 6.31. The van der Waals surface area contributed by atoms with Gasteiger partial charge in [0.15, 0.2) is 6.61 Å². The molecule has 0 aromatic heterocycles. The molecular weight excluding hydrogens is 382 g/mol. The lowest BCUT2D eigenvalue weighted by Gasteiger charge is -2.18. The maximum atomic E-state index is 12.1. The van der Waals surface area contributed by atoms with Crippen LogP contribution in [0.2, 0.25) is 5.02 Å². The number of hydrogen-bond acceptors (Lipinski definition) is 4. The lowest BCUT2D eigenvalue weighted by molar-refractivity contribution is -0.147. The van der Waals surface area contributed by atoms with E-state index >= 15 is 0 Å². The van der Waals surface area contributed by atoms with Crippen LogP contribution < -0.4 is 16.4 Å². The Morgan fingerprint density at radius 1 is 1.11 bits per heavy atom. The number of hydrogen-bond donors (Lipinski definition) is 3. The average molecular weight is 404 g/mol. The van der Waals surface area contributed by atoms with Crippen LogP contribution in [0.5, 0.6) is 0 Å². The number of nitrogens with one attached hydrogen (secondary N) is 2. The molecule has 0 aliphatic heterocycles. The van der Waals surface area contributed by atoms with Gasteiger partial charge in [0, 0.05) is 10.7 Å². The number of carbonyl (C=O) groups is 3. The maximum Gasteiger partial charge on any atom is 0.312 e. The Kier molecular flexibility index (Phi) is 7.40. The predicted molar refractivity (Wildman–Crippen MR) is 107 cm³/mol. The van der Waals surface area contributed by atoms with Crippen molar-refractivity contribution >= 4 is 35.2 Å². The SMILES string of the molecule is Cc1cc(C)cc(NC(=O)COC(=O)CC(NC(N)=O)c2ccccc2Cl)c1. The molecule has 28 heavy (non-hydrogen) atoms. The molecule has 0 saturated heterocycles. The molecule has 0 radical (unpaired) electrons. The van der Waals surface area contributed by atoms with E-state index < -0.39 is 30.6 Å². The largest absolute Gasteiger partial charge is 0.455 e. The van der Waals surface area contributed by atoms with Crippen molar-refractivity contribution < 1.29 is 19.1 Å². The fourth-order valence-electron chi connectivity index (χ4n) is 2.78. The molecule has 0 spiro atoms. The molecule has 0 aliphatic carbocycles. The van der Waals surface area contributed by atoms with E-state index in [2.05, 4.69) is 10.6 Å². The van der Waals surface area contributed by atoms with Crippen molar-refractivity contribution in [3.05, 3.63) is 64.2 Å². The third-order valence-electron chi connectivity index (χ3n) is 3.84. The smallest absolute Gasteiger partial charge is 0.312 e. The maximum absolute atomic E-state index is 12.1. The molecule has 148 valence electrons. The lowest BCUT2D eigenvalue weighted by Crippen LogP contribution is -2.35. The van der Waals surface area contributed by atoms with Gasteiger partial charge in [0.1, 0.15) is 0 Å². The van der Waals surface area contributed by atoms with Crippen LogP contribution in [0.4, 0.5) is 10.5 Å². The molecule has 0 saturated carbocycles. The van der Waals surface area contributed by atoms with Gasteiger partial charge < -0.3 is 21.1 Å². The van der Waals surface area contributed by atoms with Crippen LogP contribution in [0, 0.1) is 13.8 Å². The number of halogens is 1. The van der Waals surface area contributed by atoms with E-state index in [1.807, 2.05) is 32.0 Å². The number of aryl methyl sites for hydroxylation is 2. The molecule has 0 aliphatic rings. The monoisotopic (exact) mass is 403 g/mol. The molecule has 2 aromatic carbocycles. The van der Waals surface area contributed by atoms with E-state index in [0.717, 1.165) is 11.1 Å². The van der Waals surface area contributed by atoms with E-state index in [9.17, 15) is 14.4 Å². The summed E-state index contributed by atoms with van der Waals surface area (Å²) in [7, 11) is 0. The lowest BCUT2D eigenvalue weighted by atomic mass is 10.0. The minimum atomic E-state index is -0.801. The molecule has 7 nitrogen and oxygen atoms in total. The summed E-state index contributed by atoms with van der Waals surface area (Å²) in [6.07, 6.45) is -0.219. The highest BCUT2D eigenvalue weighted by Gasteiger charge is 2.21. The first-order valence-corrected chi connectivity index (χ1v) is 8.96. The van der Waals surface area contributed by atoms with Crippen molar-refractivity contribution in [3.63, 3.8) is 0 Å². The highest BCUT2D eigenvalue weighted by atomic mass is 35.5. The zero-order valence-corrected chi connectivity index (χ0v) is 16.4. The Labute approximate surface area is 168 Å². The van der Waals surface area contributed by atoms with Crippen molar-refractivity contribution in [2.45, 2.75) is 26.3 Å². The molecule has 4 N–H and O–H groups in total. The van der Waals surface area contributed by atoms with Gasteiger partial charge in [-0.25, -0.2) is 4.79 Å². The summed E-state index contributed by atoms with van der Waals surface area (Å²) in [5.74, 6) is -1.13. The molecule has 0 fully saturated rings. The summed E-state index contributed by atoms with van der Waals surface area (Å²) in [6, 6.07) is 10.8. The number of nitrogens with two attached hydrogens (primary N) is 1. The van der Waals surface area contributed by atoms with Crippen LogP contribution in [-0.4, -0.2) is 24.5 Å². The second kappa shape index (κ2) is 9.75. The second-order valence-electron chi connectivity index (χ2n) is 6.37. The van der Waals surface area contributed by atoms with Crippen LogP contribution in [-0.2, 0) is 14.3 Å². The molecule has 0 bridgehead atoms. The molecule has 1 unspecified atom stereocenters. The van der Waals surface area contributed by atoms with E-state index in [4.69, 9.17) is 22.1 Å². The summed E-state index contributed by atoms with van der Waals surface area (Å²) < 4.78 is 5.02. The van der Waals surface area contributed by atoms with Gasteiger partial charge in [0.05, 0.1) is 12.5 Å². The predicted octanol–water partition coefficient (Wildman–Crippen LogP) is 3.24. The van der Waals surface area contributed by atoms with E-state index in [1.165, 1.54) is 0 Å². The number of anilines is 1. The first-order valence-electron chi connectivity index (χ1n) is 8.58. The molecule has 2 aromatic rings. The topological polar surface area (TPSA) is 111 Å². The Balaban J connectivity index is 1.94. The van der Waals surface area contributed by atoms with Crippen LogP contribution in [0.25, 0.3) is 0 Å². The number of rotatable bonds is 7. The number of primary amides is 1. The zero-order valence-electron chi connectivity index (χ0n) is 15.6. The molecule has 2 rings (SSSR count). The van der Waals surface area contributed by atoms with Crippen LogP contribution in [0.15, 0.2) is 42.5 Å². The van der Waals surface area contributed by atoms with Crippen molar-refractivity contribution in [3.8, 4) is 0 Å². The fourth-order valence-corrected chi connectivity index (χ4v) is 3.05. The fraction of sp³-hybridized carbons (Fsp3) is 0.250. The van der Waals surface area contributed by atoms with Gasteiger partial charge in [-0.15, -0.1) is 0 Å². The first-order chi connectivity index (χ1) is 13.2. The Bertz CT molecular complexity index is 865. The van der Waals surface area contributed by atoms with Gasteiger partial charge >= 0.3 is 12.0 Å². The number of carbonyl (C=O) groups excluding carboxylic acids is 3. The molecule has 1 atom stereocenters. The number of urea groups is 1. The number of benzene rings is 2. The van der Waals surface area contributed by atoms with Gasteiger partial charge in [0.25, 0.3) is 5.91 Å². The molecule has 3 amide bonds. The highest BCUT2D eigenvalue weighted by Crippen LogP contribution is 2.25. The van der Waals surface area contributed by atoms with Crippen molar-refractivity contribution in [2.75, 3.05) is 11.9 Å². The van der Waals surface area contributed by atoms with Crippen LogP contribution >= 0.6 is 11.6 Å². The Morgan fingerprint density at radius 2 is 1.75 bits per heavy atom. The minimum Gasteiger partial charge on any atom is -0.455 e. The normalized spacial score (nSPS) is 11.4. The number of amides is 3. The minimum absolute atomic E-state index is 0.219.